The van der Waals surface area contributed by atoms with E-state index in [2.05, 4.69) is 36.1 Å². The number of carbonyl (C=O) groups excluding carboxylic acids is 1. The van der Waals surface area contributed by atoms with Crippen molar-refractivity contribution in [3.05, 3.63) is 72.1 Å². The van der Waals surface area contributed by atoms with Crippen molar-refractivity contribution in [2.45, 2.75) is 13.3 Å². The molecule has 3 nitrogen and oxygen atoms in total. The van der Waals surface area contributed by atoms with E-state index in [1.54, 1.807) is 0 Å². The lowest BCUT2D eigenvalue weighted by Gasteiger charge is -2.36. The Bertz CT molecular complexity index is 628. The zero-order valence-electron chi connectivity index (χ0n) is 13.6. The molecule has 23 heavy (non-hydrogen) atoms. The van der Waals surface area contributed by atoms with Gasteiger partial charge in [0.05, 0.1) is 0 Å². The number of benzene rings is 2. The molecule has 0 bridgehead atoms. The molecule has 1 fully saturated rings. The van der Waals surface area contributed by atoms with Crippen LogP contribution >= 0.6 is 0 Å². The van der Waals surface area contributed by atoms with E-state index in [9.17, 15) is 4.79 Å². The van der Waals surface area contributed by atoms with Crippen LogP contribution in [0.5, 0.6) is 0 Å². The van der Waals surface area contributed by atoms with E-state index in [-0.39, 0.29) is 5.91 Å². The van der Waals surface area contributed by atoms with E-state index in [0.717, 1.165) is 31.7 Å². The number of nitrogens with zero attached hydrogens (tertiary/aromatic N) is 2. The van der Waals surface area contributed by atoms with Crippen molar-refractivity contribution in [3.8, 4) is 0 Å². The summed E-state index contributed by atoms with van der Waals surface area (Å²) >= 11 is 0. The molecule has 0 aromatic heterocycles. The second-order valence-electron chi connectivity index (χ2n) is 6.02. The number of hydrogen-bond acceptors (Lipinski definition) is 2. The highest BCUT2D eigenvalue weighted by Gasteiger charge is 2.20. The summed E-state index contributed by atoms with van der Waals surface area (Å²) in [5.74, 6) is 0.220. The Balaban J connectivity index is 1.48. The minimum atomic E-state index is 0.220. The molecule has 2 aromatic rings. The van der Waals surface area contributed by atoms with Crippen molar-refractivity contribution in [3.63, 3.8) is 0 Å². The molecule has 0 aliphatic carbocycles. The molecule has 1 amide bonds. The third-order valence-electron chi connectivity index (χ3n) is 4.34. The minimum absolute atomic E-state index is 0.220. The van der Waals surface area contributed by atoms with Crippen LogP contribution in [0.4, 0.5) is 5.69 Å². The fourth-order valence-electron chi connectivity index (χ4n) is 2.89. The van der Waals surface area contributed by atoms with Crippen molar-refractivity contribution in [2.75, 3.05) is 31.1 Å². The number of carbonyl (C=O) groups is 1. The molecule has 0 unspecified atom stereocenters. The number of rotatable bonds is 4. The number of piperazine rings is 1. The molecule has 0 spiro atoms. The number of anilines is 1. The Kier molecular flexibility index (Phi) is 4.96. The van der Waals surface area contributed by atoms with Crippen molar-refractivity contribution < 1.29 is 4.79 Å². The molecular formula is C20H23N2O. The van der Waals surface area contributed by atoms with E-state index >= 15 is 0 Å². The predicted octanol–water partition coefficient (Wildman–Crippen LogP) is 3.29. The van der Waals surface area contributed by atoms with Crippen LogP contribution < -0.4 is 4.90 Å². The van der Waals surface area contributed by atoms with Gasteiger partial charge in [-0.15, -0.1) is 0 Å². The maximum absolute atomic E-state index is 12.3. The zero-order chi connectivity index (χ0) is 16.1. The minimum Gasteiger partial charge on any atom is -0.368 e. The molecule has 1 aliphatic heterocycles. The number of amides is 1. The fourth-order valence-corrected chi connectivity index (χ4v) is 2.89. The summed E-state index contributed by atoms with van der Waals surface area (Å²) in [5, 5.41) is 0. The van der Waals surface area contributed by atoms with Crippen LogP contribution in [-0.2, 0) is 4.79 Å². The van der Waals surface area contributed by atoms with E-state index in [4.69, 9.17) is 0 Å². The smallest absolute Gasteiger partial charge is 0.223 e. The maximum Gasteiger partial charge on any atom is 0.223 e. The summed E-state index contributed by atoms with van der Waals surface area (Å²) < 4.78 is 0. The lowest BCUT2D eigenvalue weighted by atomic mass is 10.1. The average Bonchev–Trinajstić information content (AvgIpc) is 2.61. The molecule has 1 saturated heterocycles. The van der Waals surface area contributed by atoms with Crippen LogP contribution in [0.1, 0.15) is 17.5 Å². The van der Waals surface area contributed by atoms with Gasteiger partial charge in [0.15, 0.2) is 0 Å². The normalized spacial score (nSPS) is 14.8. The summed E-state index contributed by atoms with van der Waals surface area (Å²) in [6.45, 7) is 5.51. The van der Waals surface area contributed by atoms with Gasteiger partial charge in [-0.25, -0.2) is 0 Å². The first-order chi connectivity index (χ1) is 11.2. The van der Waals surface area contributed by atoms with Gasteiger partial charge in [0.2, 0.25) is 5.91 Å². The Morgan fingerprint density at radius 3 is 2.26 bits per heavy atom. The molecule has 1 radical (unpaired) electrons. The summed E-state index contributed by atoms with van der Waals surface area (Å²) in [5.41, 5.74) is 3.64. The predicted molar refractivity (Wildman–Crippen MR) is 94.4 cm³/mol. The third-order valence-corrected chi connectivity index (χ3v) is 4.34. The first-order valence-electron chi connectivity index (χ1n) is 8.20. The Morgan fingerprint density at radius 2 is 1.61 bits per heavy atom. The summed E-state index contributed by atoms with van der Waals surface area (Å²) in [7, 11) is 0. The van der Waals surface area contributed by atoms with Crippen LogP contribution in [-0.4, -0.2) is 37.0 Å². The molecular weight excluding hydrogens is 284 g/mol. The van der Waals surface area contributed by atoms with Gasteiger partial charge in [-0.05, 0) is 31.0 Å². The van der Waals surface area contributed by atoms with Crippen molar-refractivity contribution in [1.82, 2.24) is 4.90 Å². The highest BCUT2D eigenvalue weighted by molar-refractivity contribution is 5.78. The summed E-state index contributed by atoms with van der Waals surface area (Å²) in [4.78, 5) is 16.7. The van der Waals surface area contributed by atoms with Crippen molar-refractivity contribution in [2.24, 2.45) is 0 Å². The van der Waals surface area contributed by atoms with Gasteiger partial charge in [-0.1, -0.05) is 48.0 Å². The average molecular weight is 307 g/mol. The van der Waals surface area contributed by atoms with Crippen LogP contribution in [0.3, 0.4) is 0 Å². The number of aryl methyl sites for hydroxylation is 1. The second kappa shape index (κ2) is 7.32. The van der Waals surface area contributed by atoms with Crippen LogP contribution in [0.2, 0.25) is 0 Å². The van der Waals surface area contributed by atoms with Crippen LogP contribution in [0.25, 0.3) is 0 Å². The lowest BCUT2D eigenvalue weighted by Crippen LogP contribution is -2.48. The zero-order valence-corrected chi connectivity index (χ0v) is 13.6. The molecule has 3 heteroatoms. The van der Waals surface area contributed by atoms with Gasteiger partial charge in [0.1, 0.15) is 0 Å². The van der Waals surface area contributed by atoms with Gasteiger partial charge in [-0.3, -0.25) is 4.79 Å². The van der Waals surface area contributed by atoms with E-state index in [1.165, 1.54) is 11.3 Å². The van der Waals surface area contributed by atoms with Gasteiger partial charge in [-0.2, -0.15) is 0 Å². The Morgan fingerprint density at radius 1 is 0.957 bits per heavy atom. The standard InChI is InChI=1S/C20H23N2O/c1-17-7-10-19(11-8-17)21-13-15-22(16-14-21)20(23)12-9-18-5-3-2-4-6-18/h2-11H,12-16H2,1H3. The van der Waals surface area contributed by atoms with E-state index in [0.29, 0.717) is 6.42 Å². The number of hydrogen-bond donors (Lipinski definition) is 0. The quantitative estimate of drug-likeness (QED) is 0.865. The Hall–Kier alpha value is -2.29. The van der Waals surface area contributed by atoms with Crippen molar-refractivity contribution in [1.29, 1.82) is 0 Å². The van der Waals surface area contributed by atoms with E-state index in [1.807, 2.05) is 41.7 Å². The topological polar surface area (TPSA) is 23.6 Å². The third kappa shape index (κ3) is 4.13. The van der Waals surface area contributed by atoms with Gasteiger partial charge >= 0.3 is 0 Å². The largest absolute Gasteiger partial charge is 0.368 e. The fraction of sp³-hybridized carbons (Fsp3) is 0.300. The van der Waals surface area contributed by atoms with Crippen molar-refractivity contribution >= 4 is 11.6 Å². The van der Waals surface area contributed by atoms with Crippen LogP contribution in [0.15, 0.2) is 54.6 Å². The molecule has 0 atom stereocenters. The second-order valence-corrected chi connectivity index (χ2v) is 6.02. The molecule has 3 rings (SSSR count). The SMILES string of the molecule is Cc1ccc(N2CCN(C(=O)C[CH]c3ccccc3)CC2)cc1. The van der Waals surface area contributed by atoms with Crippen LogP contribution in [0, 0.1) is 13.3 Å². The van der Waals surface area contributed by atoms with Gasteiger partial charge in [0, 0.05) is 38.3 Å². The highest BCUT2D eigenvalue weighted by Crippen LogP contribution is 2.17. The Labute approximate surface area is 138 Å². The summed E-state index contributed by atoms with van der Waals surface area (Å²) in [6, 6.07) is 18.7. The molecule has 1 heterocycles. The molecule has 119 valence electrons. The first kappa shape index (κ1) is 15.6. The molecule has 0 N–H and O–H groups in total. The molecule has 0 saturated carbocycles. The summed E-state index contributed by atoms with van der Waals surface area (Å²) in [6.07, 6.45) is 2.49. The first-order valence-corrected chi connectivity index (χ1v) is 8.20. The van der Waals surface area contributed by atoms with Gasteiger partial charge < -0.3 is 9.80 Å². The van der Waals surface area contributed by atoms with Gasteiger partial charge in [0.25, 0.3) is 0 Å². The molecule has 2 aromatic carbocycles. The lowest BCUT2D eigenvalue weighted by molar-refractivity contribution is -0.130. The molecule has 1 aliphatic rings. The van der Waals surface area contributed by atoms with E-state index < -0.39 is 0 Å². The monoisotopic (exact) mass is 307 g/mol. The maximum atomic E-state index is 12.3. The highest BCUT2D eigenvalue weighted by atomic mass is 16.2.